The van der Waals surface area contributed by atoms with Gasteiger partial charge >= 0.3 is 0 Å². The minimum absolute atomic E-state index is 0.104. The van der Waals surface area contributed by atoms with Crippen molar-refractivity contribution < 1.29 is 9.59 Å². The van der Waals surface area contributed by atoms with Crippen molar-refractivity contribution in [3.63, 3.8) is 0 Å². The molecular formula is C13H14ClNO2S. The number of thioether (sulfide) groups is 1. The molecule has 1 aromatic rings. The maximum Gasteiger partial charge on any atom is 0.227 e. The Morgan fingerprint density at radius 1 is 1.44 bits per heavy atom. The summed E-state index contributed by atoms with van der Waals surface area (Å²) in [5.74, 6) is 1.08. The molecule has 1 aromatic carbocycles. The van der Waals surface area contributed by atoms with Crippen molar-refractivity contribution in [3.05, 3.63) is 29.3 Å². The number of rotatable bonds is 3. The Balaban J connectivity index is 2.00. The van der Waals surface area contributed by atoms with Gasteiger partial charge in [0.1, 0.15) is 0 Å². The molecule has 0 radical (unpaired) electrons. The van der Waals surface area contributed by atoms with Gasteiger partial charge in [0, 0.05) is 36.4 Å². The first-order valence-electron chi connectivity index (χ1n) is 5.75. The number of hydrogen-bond acceptors (Lipinski definition) is 3. The maximum absolute atomic E-state index is 11.9. The third-order valence-corrected chi connectivity index (χ3v) is 4.16. The summed E-state index contributed by atoms with van der Waals surface area (Å²) in [6.45, 7) is 2.24. The molecule has 0 aliphatic carbocycles. The number of nitrogens with zero attached hydrogens (tertiary/aromatic N) is 1. The van der Waals surface area contributed by atoms with E-state index in [1.807, 2.05) is 12.1 Å². The summed E-state index contributed by atoms with van der Waals surface area (Å²) in [6.07, 6.45) is 0.517. The van der Waals surface area contributed by atoms with Gasteiger partial charge in [0.15, 0.2) is 5.12 Å². The van der Waals surface area contributed by atoms with Crippen LogP contribution in [0.5, 0.6) is 0 Å². The van der Waals surface area contributed by atoms with Crippen LogP contribution in [0.2, 0.25) is 5.02 Å². The molecule has 0 bridgehead atoms. The van der Waals surface area contributed by atoms with Gasteiger partial charge in [0.05, 0.1) is 0 Å². The third kappa shape index (κ3) is 3.27. The van der Waals surface area contributed by atoms with Gasteiger partial charge in [-0.1, -0.05) is 23.4 Å². The predicted octanol–water partition coefficient (Wildman–Crippen LogP) is 2.97. The molecule has 1 saturated heterocycles. The fraction of sp³-hybridized carbons (Fsp3) is 0.385. The number of amides is 1. The molecule has 2 rings (SSSR count). The highest BCUT2D eigenvalue weighted by Gasteiger charge is 2.30. The average Bonchev–Trinajstić information content (AvgIpc) is 2.69. The number of carbonyl (C=O) groups excluding carboxylic acids is 2. The predicted molar refractivity (Wildman–Crippen MR) is 75.1 cm³/mol. The van der Waals surface area contributed by atoms with Crippen LogP contribution in [-0.4, -0.2) is 23.3 Å². The van der Waals surface area contributed by atoms with Gasteiger partial charge in [-0.15, -0.1) is 0 Å². The highest BCUT2D eigenvalue weighted by Crippen LogP contribution is 2.28. The number of carbonyl (C=O) groups is 2. The average molecular weight is 284 g/mol. The SMILES string of the molecule is CC(=O)SCC1CC(=O)N(c2ccc(Cl)cc2)C1. The van der Waals surface area contributed by atoms with E-state index in [9.17, 15) is 9.59 Å². The van der Waals surface area contributed by atoms with Crippen LogP contribution >= 0.6 is 23.4 Å². The Hall–Kier alpha value is -1.00. The van der Waals surface area contributed by atoms with Crippen LogP contribution in [0.1, 0.15) is 13.3 Å². The van der Waals surface area contributed by atoms with E-state index >= 15 is 0 Å². The van der Waals surface area contributed by atoms with Gasteiger partial charge in [-0.3, -0.25) is 9.59 Å². The van der Waals surface area contributed by atoms with Gasteiger partial charge in [-0.25, -0.2) is 0 Å². The molecule has 18 heavy (non-hydrogen) atoms. The van der Waals surface area contributed by atoms with Crippen molar-refractivity contribution in [2.45, 2.75) is 13.3 Å². The summed E-state index contributed by atoms with van der Waals surface area (Å²) in [5, 5.41) is 0.765. The molecule has 96 valence electrons. The summed E-state index contributed by atoms with van der Waals surface area (Å²) in [7, 11) is 0. The van der Waals surface area contributed by atoms with E-state index in [2.05, 4.69) is 0 Å². The van der Waals surface area contributed by atoms with E-state index in [4.69, 9.17) is 11.6 Å². The normalized spacial score (nSPS) is 19.3. The third-order valence-electron chi connectivity index (χ3n) is 2.87. The zero-order valence-corrected chi connectivity index (χ0v) is 11.6. The lowest BCUT2D eigenvalue weighted by atomic mass is 10.1. The molecule has 1 fully saturated rings. The molecule has 1 heterocycles. The van der Waals surface area contributed by atoms with Crippen LogP contribution in [-0.2, 0) is 9.59 Å². The first kappa shape index (κ1) is 13.4. The van der Waals surface area contributed by atoms with Gasteiger partial charge < -0.3 is 4.90 Å². The highest BCUT2D eigenvalue weighted by molar-refractivity contribution is 8.13. The Morgan fingerprint density at radius 2 is 2.11 bits per heavy atom. The number of hydrogen-bond donors (Lipinski definition) is 0. The molecule has 0 aromatic heterocycles. The zero-order valence-electron chi connectivity index (χ0n) is 10.1. The smallest absolute Gasteiger partial charge is 0.227 e. The van der Waals surface area contributed by atoms with E-state index in [0.717, 1.165) is 5.69 Å². The van der Waals surface area contributed by atoms with E-state index in [0.29, 0.717) is 23.7 Å². The van der Waals surface area contributed by atoms with E-state index in [1.165, 1.54) is 11.8 Å². The van der Waals surface area contributed by atoms with Crippen LogP contribution in [0.15, 0.2) is 24.3 Å². The Labute approximate surface area is 115 Å². The largest absolute Gasteiger partial charge is 0.312 e. The van der Waals surface area contributed by atoms with E-state index in [-0.39, 0.29) is 16.9 Å². The first-order chi connectivity index (χ1) is 8.56. The topological polar surface area (TPSA) is 37.4 Å². The summed E-state index contributed by atoms with van der Waals surface area (Å²) < 4.78 is 0. The molecule has 0 saturated carbocycles. The van der Waals surface area contributed by atoms with E-state index < -0.39 is 0 Å². The van der Waals surface area contributed by atoms with Crippen LogP contribution < -0.4 is 4.90 Å². The van der Waals surface area contributed by atoms with E-state index in [1.54, 1.807) is 24.0 Å². The number of halogens is 1. The fourth-order valence-corrected chi connectivity index (χ4v) is 2.82. The summed E-state index contributed by atoms with van der Waals surface area (Å²) in [6, 6.07) is 7.26. The summed E-state index contributed by atoms with van der Waals surface area (Å²) in [4.78, 5) is 24.6. The summed E-state index contributed by atoms with van der Waals surface area (Å²) in [5.41, 5.74) is 0.875. The van der Waals surface area contributed by atoms with Crippen LogP contribution in [0.3, 0.4) is 0 Å². The lowest BCUT2D eigenvalue weighted by Gasteiger charge is -2.16. The minimum Gasteiger partial charge on any atom is -0.312 e. The van der Waals surface area contributed by atoms with Crippen molar-refractivity contribution in [1.82, 2.24) is 0 Å². The van der Waals surface area contributed by atoms with Crippen molar-refractivity contribution in [2.75, 3.05) is 17.2 Å². The molecule has 1 amide bonds. The lowest BCUT2D eigenvalue weighted by molar-refractivity contribution is -0.117. The quantitative estimate of drug-likeness (QED) is 0.856. The monoisotopic (exact) mass is 283 g/mol. The van der Waals surface area contributed by atoms with Crippen molar-refractivity contribution in [2.24, 2.45) is 5.92 Å². The Morgan fingerprint density at radius 3 is 2.72 bits per heavy atom. The molecule has 1 aliphatic heterocycles. The Bertz CT molecular complexity index is 461. The van der Waals surface area contributed by atoms with Crippen molar-refractivity contribution in [1.29, 1.82) is 0 Å². The zero-order chi connectivity index (χ0) is 13.1. The maximum atomic E-state index is 11.9. The molecule has 5 heteroatoms. The van der Waals surface area contributed by atoms with Crippen LogP contribution in [0, 0.1) is 5.92 Å². The lowest BCUT2D eigenvalue weighted by Crippen LogP contribution is -2.24. The molecule has 3 nitrogen and oxygen atoms in total. The highest BCUT2D eigenvalue weighted by atomic mass is 35.5. The van der Waals surface area contributed by atoms with Crippen LogP contribution in [0.25, 0.3) is 0 Å². The first-order valence-corrected chi connectivity index (χ1v) is 7.12. The second-order valence-electron chi connectivity index (χ2n) is 4.35. The van der Waals surface area contributed by atoms with Crippen LogP contribution in [0.4, 0.5) is 5.69 Å². The summed E-state index contributed by atoms with van der Waals surface area (Å²) >= 11 is 7.12. The molecule has 1 atom stereocenters. The van der Waals surface area contributed by atoms with Gasteiger partial charge in [0.2, 0.25) is 5.91 Å². The van der Waals surface area contributed by atoms with Crippen molar-refractivity contribution in [3.8, 4) is 0 Å². The standard InChI is InChI=1S/C13H14ClNO2S/c1-9(16)18-8-10-6-13(17)15(7-10)12-4-2-11(14)3-5-12/h2-5,10H,6-8H2,1H3. The molecule has 1 aliphatic rings. The van der Waals surface area contributed by atoms with Gasteiger partial charge in [-0.2, -0.15) is 0 Å². The molecule has 0 N–H and O–H groups in total. The minimum atomic E-state index is 0.104. The number of anilines is 1. The molecular weight excluding hydrogens is 270 g/mol. The second kappa shape index (κ2) is 5.76. The second-order valence-corrected chi connectivity index (χ2v) is 5.99. The number of benzene rings is 1. The van der Waals surface area contributed by atoms with Gasteiger partial charge in [0.25, 0.3) is 0 Å². The molecule has 0 spiro atoms. The molecule has 1 unspecified atom stereocenters. The fourth-order valence-electron chi connectivity index (χ4n) is 2.00. The van der Waals surface area contributed by atoms with Gasteiger partial charge in [-0.05, 0) is 30.2 Å². The van der Waals surface area contributed by atoms with Crippen molar-refractivity contribution >= 4 is 40.1 Å². The Kier molecular flexibility index (Phi) is 4.30.